The first-order chi connectivity index (χ1) is 7.45. The number of hydrogen-bond acceptors (Lipinski definition) is 3. The van der Waals surface area contributed by atoms with Crippen LogP contribution in [-0.2, 0) is 10.0 Å². The third-order valence-corrected chi connectivity index (χ3v) is 5.30. The topological polar surface area (TPSA) is 49.4 Å². The van der Waals surface area contributed by atoms with Gasteiger partial charge < -0.3 is 5.32 Å². The quantitative estimate of drug-likeness (QED) is 0.798. The first-order valence-corrected chi connectivity index (χ1v) is 7.97. The van der Waals surface area contributed by atoms with Crippen molar-refractivity contribution in [2.24, 2.45) is 5.92 Å². The highest BCUT2D eigenvalue weighted by Gasteiger charge is 2.33. The Labute approximate surface area is 98.4 Å². The number of nitrogens with one attached hydrogen (secondary N) is 1. The molecule has 2 atom stereocenters. The van der Waals surface area contributed by atoms with Gasteiger partial charge in [0.25, 0.3) is 0 Å². The van der Waals surface area contributed by atoms with Crippen molar-refractivity contribution < 1.29 is 8.42 Å². The summed E-state index contributed by atoms with van der Waals surface area (Å²) in [6.45, 7) is 0.670. The zero-order valence-corrected chi connectivity index (χ0v) is 11.0. The molecule has 0 spiro atoms. The Bertz CT molecular complexity index is 330. The standard InChI is InChI=1S/C11H22N2O2S/c1-13(16(2,14)15)6-5-9-7-10-3-4-11(8-9)12-10/h9-12H,3-8H2,1-2H3. The number of fused-ring (bicyclic) bond motifs is 2. The Kier molecular flexibility index (Phi) is 3.56. The zero-order valence-electron chi connectivity index (χ0n) is 10.1. The minimum atomic E-state index is -3.00. The van der Waals surface area contributed by atoms with Gasteiger partial charge in [-0.1, -0.05) is 0 Å². The van der Waals surface area contributed by atoms with Crippen molar-refractivity contribution in [1.29, 1.82) is 0 Å². The Morgan fingerprint density at radius 2 is 1.81 bits per heavy atom. The van der Waals surface area contributed by atoms with Crippen molar-refractivity contribution in [3.05, 3.63) is 0 Å². The maximum Gasteiger partial charge on any atom is 0.210 e. The minimum absolute atomic E-state index is 0.670. The van der Waals surface area contributed by atoms with Gasteiger partial charge in [-0.05, 0) is 38.0 Å². The molecule has 2 saturated heterocycles. The number of piperidine rings is 1. The van der Waals surface area contributed by atoms with Crippen LogP contribution >= 0.6 is 0 Å². The predicted molar refractivity (Wildman–Crippen MR) is 64.8 cm³/mol. The van der Waals surface area contributed by atoms with Crippen LogP contribution in [0.1, 0.15) is 32.1 Å². The molecule has 0 aromatic carbocycles. The van der Waals surface area contributed by atoms with Gasteiger partial charge in [-0.15, -0.1) is 0 Å². The van der Waals surface area contributed by atoms with Crippen LogP contribution in [0.25, 0.3) is 0 Å². The lowest BCUT2D eigenvalue weighted by Crippen LogP contribution is -2.39. The Morgan fingerprint density at radius 3 is 2.31 bits per heavy atom. The summed E-state index contributed by atoms with van der Waals surface area (Å²) in [6.07, 6.45) is 7.37. The van der Waals surface area contributed by atoms with Crippen LogP contribution < -0.4 is 5.32 Å². The summed E-state index contributed by atoms with van der Waals surface area (Å²) in [5.74, 6) is 0.711. The predicted octanol–water partition coefficient (Wildman–Crippen LogP) is 0.798. The zero-order chi connectivity index (χ0) is 11.8. The van der Waals surface area contributed by atoms with Gasteiger partial charge >= 0.3 is 0 Å². The van der Waals surface area contributed by atoms with Crippen LogP contribution in [0, 0.1) is 5.92 Å². The van der Waals surface area contributed by atoms with E-state index < -0.39 is 10.0 Å². The second-order valence-corrected chi connectivity index (χ2v) is 7.44. The summed E-state index contributed by atoms with van der Waals surface area (Å²) in [6, 6.07) is 1.40. The highest BCUT2D eigenvalue weighted by atomic mass is 32.2. The molecular formula is C11H22N2O2S. The summed E-state index contributed by atoms with van der Waals surface area (Å²) in [5, 5.41) is 3.61. The van der Waals surface area contributed by atoms with Gasteiger partial charge in [-0.25, -0.2) is 12.7 Å². The molecule has 2 rings (SSSR count). The van der Waals surface area contributed by atoms with Crippen LogP contribution in [0.4, 0.5) is 0 Å². The molecule has 1 N–H and O–H groups in total. The molecule has 0 aliphatic carbocycles. The van der Waals surface area contributed by atoms with Gasteiger partial charge in [0.15, 0.2) is 0 Å². The molecule has 0 radical (unpaired) electrons. The summed E-state index contributed by atoms with van der Waals surface area (Å²) < 4.78 is 24.0. The molecule has 2 unspecified atom stereocenters. The number of nitrogens with zero attached hydrogens (tertiary/aromatic N) is 1. The van der Waals surface area contributed by atoms with Crippen molar-refractivity contribution in [2.45, 2.75) is 44.2 Å². The molecule has 4 nitrogen and oxygen atoms in total. The van der Waals surface area contributed by atoms with E-state index in [2.05, 4.69) is 5.32 Å². The van der Waals surface area contributed by atoms with E-state index in [0.29, 0.717) is 24.5 Å². The van der Waals surface area contributed by atoms with Crippen LogP contribution in [-0.4, -0.2) is 44.7 Å². The fourth-order valence-corrected chi connectivity index (χ4v) is 3.38. The summed E-state index contributed by atoms with van der Waals surface area (Å²) in [4.78, 5) is 0. The molecule has 2 bridgehead atoms. The Balaban J connectivity index is 1.79. The van der Waals surface area contributed by atoms with E-state index in [1.165, 1.54) is 36.2 Å². The largest absolute Gasteiger partial charge is 0.311 e. The second-order valence-electron chi connectivity index (χ2n) is 5.35. The molecule has 2 aliphatic heterocycles. The second kappa shape index (κ2) is 4.63. The van der Waals surface area contributed by atoms with Crippen LogP contribution in [0.5, 0.6) is 0 Å². The molecule has 0 aromatic rings. The van der Waals surface area contributed by atoms with Crippen LogP contribution in [0.15, 0.2) is 0 Å². The molecule has 0 aromatic heterocycles. The third kappa shape index (κ3) is 2.96. The smallest absolute Gasteiger partial charge is 0.210 e. The Hall–Kier alpha value is -0.130. The van der Waals surface area contributed by atoms with Gasteiger partial charge in [0.2, 0.25) is 10.0 Å². The lowest BCUT2D eigenvalue weighted by atomic mass is 9.90. The molecule has 16 heavy (non-hydrogen) atoms. The summed E-state index contributed by atoms with van der Waals surface area (Å²) in [5.41, 5.74) is 0. The number of sulfonamides is 1. The van der Waals surface area contributed by atoms with Gasteiger partial charge in [-0.3, -0.25) is 0 Å². The van der Waals surface area contributed by atoms with Crippen LogP contribution in [0.3, 0.4) is 0 Å². The highest BCUT2D eigenvalue weighted by molar-refractivity contribution is 7.88. The normalized spacial score (nSPS) is 34.6. The minimum Gasteiger partial charge on any atom is -0.311 e. The molecule has 5 heteroatoms. The number of rotatable bonds is 4. The molecule has 2 fully saturated rings. The fraction of sp³-hybridized carbons (Fsp3) is 1.00. The van der Waals surface area contributed by atoms with Crippen LogP contribution in [0.2, 0.25) is 0 Å². The molecule has 2 heterocycles. The van der Waals surface area contributed by atoms with E-state index in [4.69, 9.17) is 0 Å². The first-order valence-electron chi connectivity index (χ1n) is 6.12. The average molecular weight is 246 g/mol. The Morgan fingerprint density at radius 1 is 1.25 bits per heavy atom. The lowest BCUT2D eigenvalue weighted by Gasteiger charge is -2.30. The van der Waals surface area contributed by atoms with E-state index in [9.17, 15) is 8.42 Å². The summed E-state index contributed by atoms with van der Waals surface area (Å²) in [7, 11) is -1.33. The highest BCUT2D eigenvalue weighted by Crippen LogP contribution is 2.32. The van der Waals surface area contributed by atoms with E-state index in [1.54, 1.807) is 7.05 Å². The van der Waals surface area contributed by atoms with E-state index in [1.807, 2.05) is 0 Å². The van der Waals surface area contributed by atoms with E-state index >= 15 is 0 Å². The monoisotopic (exact) mass is 246 g/mol. The van der Waals surface area contributed by atoms with Crippen molar-refractivity contribution in [3.8, 4) is 0 Å². The maximum atomic E-state index is 11.3. The molecule has 94 valence electrons. The van der Waals surface area contributed by atoms with Crippen molar-refractivity contribution in [3.63, 3.8) is 0 Å². The molecule has 0 saturated carbocycles. The molecule has 2 aliphatic rings. The van der Waals surface area contributed by atoms with E-state index in [0.717, 1.165) is 6.42 Å². The average Bonchev–Trinajstić information content (AvgIpc) is 2.53. The fourth-order valence-electron chi connectivity index (χ4n) is 2.94. The molecule has 0 amide bonds. The van der Waals surface area contributed by atoms with E-state index in [-0.39, 0.29) is 0 Å². The van der Waals surface area contributed by atoms with Gasteiger partial charge in [-0.2, -0.15) is 0 Å². The van der Waals surface area contributed by atoms with Crippen molar-refractivity contribution in [1.82, 2.24) is 9.62 Å². The summed E-state index contributed by atoms with van der Waals surface area (Å²) >= 11 is 0. The van der Waals surface area contributed by atoms with Crippen molar-refractivity contribution in [2.75, 3.05) is 19.8 Å². The third-order valence-electron chi connectivity index (χ3n) is 3.99. The lowest BCUT2D eigenvalue weighted by molar-refractivity contribution is 0.272. The SMILES string of the molecule is CN(CCC1CC2CCC(C1)N2)S(C)(=O)=O. The maximum absolute atomic E-state index is 11.3. The number of hydrogen-bond donors (Lipinski definition) is 1. The molecular weight excluding hydrogens is 224 g/mol. The van der Waals surface area contributed by atoms with Crippen molar-refractivity contribution >= 4 is 10.0 Å². The van der Waals surface area contributed by atoms with Gasteiger partial charge in [0, 0.05) is 25.7 Å². The van der Waals surface area contributed by atoms with Gasteiger partial charge in [0.1, 0.15) is 0 Å². The van der Waals surface area contributed by atoms with Gasteiger partial charge in [0.05, 0.1) is 6.26 Å². The first kappa shape index (κ1) is 12.3.